The van der Waals surface area contributed by atoms with Gasteiger partial charge >= 0.3 is 0 Å². The van der Waals surface area contributed by atoms with Crippen molar-refractivity contribution in [3.63, 3.8) is 0 Å². The van der Waals surface area contributed by atoms with E-state index in [1.54, 1.807) is 4.31 Å². The summed E-state index contributed by atoms with van der Waals surface area (Å²) in [5, 5.41) is 1.24. The van der Waals surface area contributed by atoms with Gasteiger partial charge in [0.1, 0.15) is 0 Å². The van der Waals surface area contributed by atoms with Gasteiger partial charge in [-0.2, -0.15) is 0 Å². The maximum atomic E-state index is 12.6. The molecule has 2 N–H and O–H groups in total. The lowest BCUT2D eigenvalue weighted by Crippen LogP contribution is -2.39. The molecule has 6 nitrogen and oxygen atoms in total. The van der Waals surface area contributed by atoms with E-state index in [9.17, 15) is 8.42 Å². The van der Waals surface area contributed by atoms with Crippen molar-refractivity contribution in [2.24, 2.45) is 0 Å². The van der Waals surface area contributed by atoms with E-state index in [1.807, 2.05) is 6.07 Å². The van der Waals surface area contributed by atoms with Crippen molar-refractivity contribution in [1.29, 1.82) is 0 Å². The zero-order valence-electron chi connectivity index (χ0n) is 17.3. The van der Waals surface area contributed by atoms with Crippen LogP contribution in [-0.4, -0.2) is 50.2 Å². The highest BCUT2D eigenvalue weighted by Crippen LogP contribution is 2.35. The van der Waals surface area contributed by atoms with E-state index >= 15 is 0 Å². The van der Waals surface area contributed by atoms with Crippen LogP contribution in [-0.2, 0) is 14.9 Å². The Balaban J connectivity index is 1.46. The molecule has 3 aromatic rings. The lowest BCUT2D eigenvalue weighted by molar-refractivity contribution is 0.0921. The number of hydroxylamine groups is 1. The van der Waals surface area contributed by atoms with Crippen LogP contribution in [0.1, 0.15) is 30.7 Å². The standard InChI is InChI=1S/C23H29N3O3S/c1-29-25-12-5-15-30(27,28)26-13-10-19(11-14-26)22-17-24-23-9-8-20(16-21(22)23)18-6-3-2-4-7-18/h2-4,6-9,16-17,19,24-25H,5,10-15H2,1H3. The molecule has 0 bridgehead atoms. The molecule has 1 aliphatic rings. The largest absolute Gasteiger partial charge is 0.361 e. The average Bonchev–Trinajstić information content (AvgIpc) is 3.21. The fourth-order valence-electron chi connectivity index (χ4n) is 4.29. The number of nitrogens with one attached hydrogen (secondary N) is 2. The maximum absolute atomic E-state index is 12.6. The topological polar surface area (TPSA) is 74.4 Å². The fourth-order valence-corrected chi connectivity index (χ4v) is 5.83. The molecule has 1 fully saturated rings. The van der Waals surface area contributed by atoms with Crippen LogP contribution in [0.4, 0.5) is 0 Å². The Hall–Kier alpha value is -2.19. The minimum atomic E-state index is -3.21. The molecule has 0 amide bonds. The zero-order valence-corrected chi connectivity index (χ0v) is 18.1. The molecule has 0 spiro atoms. The molecule has 0 radical (unpaired) electrons. The van der Waals surface area contributed by atoms with Gasteiger partial charge in [0.05, 0.1) is 12.9 Å². The van der Waals surface area contributed by atoms with Gasteiger partial charge in [0.25, 0.3) is 0 Å². The first-order valence-corrected chi connectivity index (χ1v) is 12.1. The van der Waals surface area contributed by atoms with Gasteiger partial charge in [0.15, 0.2) is 0 Å². The number of fused-ring (bicyclic) bond motifs is 1. The number of aromatic amines is 1. The Morgan fingerprint density at radius 1 is 1.10 bits per heavy atom. The molecule has 1 saturated heterocycles. The van der Waals surface area contributed by atoms with Crippen molar-refractivity contribution in [3.8, 4) is 11.1 Å². The zero-order chi connectivity index (χ0) is 21.0. The molecule has 1 aromatic heterocycles. The quantitative estimate of drug-likeness (QED) is 0.423. The summed E-state index contributed by atoms with van der Waals surface area (Å²) in [6.45, 7) is 1.69. The van der Waals surface area contributed by atoms with Crippen molar-refractivity contribution in [2.45, 2.75) is 25.2 Å². The van der Waals surface area contributed by atoms with Gasteiger partial charge in [-0.1, -0.05) is 36.4 Å². The van der Waals surface area contributed by atoms with E-state index in [0.717, 1.165) is 18.4 Å². The second kappa shape index (κ2) is 9.31. The minimum absolute atomic E-state index is 0.154. The van der Waals surface area contributed by atoms with Crippen molar-refractivity contribution in [2.75, 3.05) is 32.5 Å². The summed E-state index contributed by atoms with van der Waals surface area (Å²) >= 11 is 0. The summed E-state index contributed by atoms with van der Waals surface area (Å²) in [6.07, 6.45) is 4.33. The first kappa shape index (κ1) is 21.1. The molecular formula is C23H29N3O3S. The number of hydrogen-bond acceptors (Lipinski definition) is 4. The van der Waals surface area contributed by atoms with Crippen LogP contribution in [0.15, 0.2) is 54.7 Å². The highest BCUT2D eigenvalue weighted by atomic mass is 32.2. The highest BCUT2D eigenvalue weighted by Gasteiger charge is 2.29. The lowest BCUT2D eigenvalue weighted by atomic mass is 9.89. The first-order valence-electron chi connectivity index (χ1n) is 10.5. The third-order valence-corrected chi connectivity index (χ3v) is 7.89. The van der Waals surface area contributed by atoms with E-state index in [0.29, 0.717) is 32.0 Å². The maximum Gasteiger partial charge on any atom is 0.214 e. The highest BCUT2D eigenvalue weighted by molar-refractivity contribution is 7.89. The van der Waals surface area contributed by atoms with Gasteiger partial charge in [-0.05, 0) is 54.0 Å². The summed E-state index contributed by atoms with van der Waals surface area (Å²) in [5.74, 6) is 0.521. The number of sulfonamides is 1. The van der Waals surface area contributed by atoms with E-state index in [4.69, 9.17) is 4.84 Å². The van der Waals surface area contributed by atoms with Crippen LogP contribution in [0.25, 0.3) is 22.0 Å². The Morgan fingerprint density at radius 2 is 1.87 bits per heavy atom. The van der Waals surface area contributed by atoms with Crippen molar-refractivity contribution in [1.82, 2.24) is 14.8 Å². The summed E-state index contributed by atoms with van der Waals surface area (Å²) in [6, 6.07) is 16.9. The fraction of sp³-hybridized carbons (Fsp3) is 0.391. The number of aromatic nitrogens is 1. The van der Waals surface area contributed by atoms with Gasteiger partial charge in [-0.3, -0.25) is 0 Å². The van der Waals surface area contributed by atoms with Crippen LogP contribution in [0.5, 0.6) is 0 Å². The summed E-state index contributed by atoms with van der Waals surface area (Å²) in [4.78, 5) is 8.16. The van der Waals surface area contributed by atoms with E-state index in [-0.39, 0.29) is 5.75 Å². The van der Waals surface area contributed by atoms with Crippen LogP contribution in [0.2, 0.25) is 0 Å². The van der Waals surface area contributed by atoms with E-state index < -0.39 is 10.0 Å². The number of hydrogen-bond donors (Lipinski definition) is 2. The Morgan fingerprint density at radius 3 is 2.60 bits per heavy atom. The predicted molar refractivity (Wildman–Crippen MR) is 121 cm³/mol. The molecule has 1 aliphatic heterocycles. The molecule has 0 aliphatic carbocycles. The molecule has 2 aromatic carbocycles. The molecule has 7 heteroatoms. The van der Waals surface area contributed by atoms with E-state index in [2.05, 4.69) is 59.1 Å². The molecule has 0 saturated carbocycles. The molecule has 0 unspecified atom stereocenters. The second-order valence-electron chi connectivity index (χ2n) is 7.81. The molecule has 30 heavy (non-hydrogen) atoms. The van der Waals surface area contributed by atoms with Crippen LogP contribution >= 0.6 is 0 Å². The second-order valence-corrected chi connectivity index (χ2v) is 9.90. The third-order valence-electron chi connectivity index (χ3n) is 5.93. The van der Waals surface area contributed by atoms with Gasteiger partial charge in [0, 0.05) is 36.7 Å². The lowest BCUT2D eigenvalue weighted by Gasteiger charge is -2.31. The predicted octanol–water partition coefficient (Wildman–Crippen LogP) is 3.89. The third kappa shape index (κ3) is 4.59. The number of H-pyrrole nitrogens is 1. The molecule has 0 atom stereocenters. The molecular weight excluding hydrogens is 398 g/mol. The average molecular weight is 428 g/mol. The SMILES string of the molecule is CONCCCS(=O)(=O)N1CCC(c2c[nH]c3ccc(-c4ccccc4)cc23)CC1. The number of rotatable bonds is 8. The number of nitrogens with zero attached hydrogens (tertiary/aromatic N) is 1. The monoisotopic (exact) mass is 427 g/mol. The minimum Gasteiger partial charge on any atom is -0.361 e. The Bertz CT molecular complexity index is 1070. The smallest absolute Gasteiger partial charge is 0.214 e. The molecule has 4 rings (SSSR count). The molecule has 160 valence electrons. The normalized spacial score (nSPS) is 16.3. The van der Waals surface area contributed by atoms with Crippen LogP contribution in [0.3, 0.4) is 0 Å². The van der Waals surface area contributed by atoms with Crippen molar-refractivity contribution >= 4 is 20.9 Å². The summed E-state index contributed by atoms with van der Waals surface area (Å²) in [7, 11) is -1.68. The number of benzene rings is 2. The Labute approximate surface area is 178 Å². The van der Waals surface area contributed by atoms with Gasteiger partial charge in [-0.25, -0.2) is 18.2 Å². The summed E-state index contributed by atoms with van der Waals surface area (Å²) < 4.78 is 26.9. The van der Waals surface area contributed by atoms with Crippen molar-refractivity contribution < 1.29 is 13.3 Å². The Kier molecular flexibility index (Phi) is 6.53. The van der Waals surface area contributed by atoms with Crippen molar-refractivity contribution in [3.05, 3.63) is 60.3 Å². The molecule has 2 heterocycles. The first-order chi connectivity index (χ1) is 14.6. The van der Waals surface area contributed by atoms with Gasteiger partial charge in [-0.15, -0.1) is 0 Å². The number of piperidine rings is 1. The van der Waals surface area contributed by atoms with Gasteiger partial charge < -0.3 is 9.82 Å². The van der Waals surface area contributed by atoms with Gasteiger partial charge in [0.2, 0.25) is 10.0 Å². The van der Waals surface area contributed by atoms with Crippen LogP contribution < -0.4 is 5.48 Å². The van der Waals surface area contributed by atoms with Crippen LogP contribution in [0, 0.1) is 0 Å². The summed E-state index contributed by atoms with van der Waals surface area (Å²) in [5.41, 5.74) is 7.53. The van der Waals surface area contributed by atoms with E-state index in [1.165, 1.54) is 29.2 Å².